The van der Waals surface area contributed by atoms with Crippen molar-refractivity contribution in [3.63, 3.8) is 0 Å². The van der Waals surface area contributed by atoms with Crippen LogP contribution in [0.1, 0.15) is 18.6 Å². The number of morpholine rings is 1. The highest BCUT2D eigenvalue weighted by molar-refractivity contribution is 6.12. The Bertz CT molecular complexity index is 576. The van der Waals surface area contributed by atoms with E-state index in [9.17, 15) is 9.59 Å². The van der Waals surface area contributed by atoms with Crippen LogP contribution in [-0.4, -0.2) is 61.3 Å². The summed E-state index contributed by atoms with van der Waals surface area (Å²) in [6.07, 6.45) is 1.14. The molecule has 0 atom stereocenters. The van der Waals surface area contributed by atoms with Crippen LogP contribution in [0.3, 0.4) is 0 Å². The number of aromatic nitrogens is 1. The number of anilines is 1. The van der Waals surface area contributed by atoms with Crippen LogP contribution in [0.5, 0.6) is 0 Å². The van der Waals surface area contributed by atoms with Crippen molar-refractivity contribution in [1.82, 2.24) is 15.4 Å². The fraction of sp³-hybridized carbons (Fsp3) is 0.667. The number of hydrogen-bond donors (Lipinski definition) is 2. The molecular formula is C15H22N4O4. The van der Waals surface area contributed by atoms with Gasteiger partial charge in [-0.15, -0.1) is 0 Å². The maximum Gasteiger partial charge on any atom is 0.241 e. The quantitative estimate of drug-likeness (QED) is 0.724. The lowest BCUT2D eigenvalue weighted by Crippen LogP contribution is -2.45. The molecular weight excluding hydrogens is 300 g/mol. The van der Waals surface area contributed by atoms with Gasteiger partial charge < -0.3 is 19.9 Å². The molecule has 2 amide bonds. The van der Waals surface area contributed by atoms with E-state index in [1.807, 2.05) is 0 Å². The minimum absolute atomic E-state index is 0.205. The van der Waals surface area contributed by atoms with Gasteiger partial charge in [0.2, 0.25) is 11.8 Å². The monoisotopic (exact) mass is 322 g/mol. The number of aryl methyl sites for hydroxylation is 1. The number of amides is 2. The summed E-state index contributed by atoms with van der Waals surface area (Å²) in [5.41, 5.74) is -0.947. The SMILES string of the molecule is Cc1cc(NC(=O)C2(C(=O)NCCN3CCOCC3)CC2)no1. The van der Waals surface area contributed by atoms with Gasteiger partial charge in [0.1, 0.15) is 11.2 Å². The first-order valence-corrected chi connectivity index (χ1v) is 7.93. The average Bonchev–Trinajstić information content (AvgIpc) is 3.27. The smallest absolute Gasteiger partial charge is 0.241 e. The first kappa shape index (κ1) is 15.9. The van der Waals surface area contributed by atoms with Crippen LogP contribution in [0.4, 0.5) is 5.82 Å². The van der Waals surface area contributed by atoms with E-state index in [0.717, 1.165) is 32.8 Å². The number of carbonyl (C=O) groups excluding carboxylic acids is 2. The largest absolute Gasteiger partial charge is 0.379 e. The Morgan fingerprint density at radius 3 is 2.65 bits per heavy atom. The summed E-state index contributed by atoms with van der Waals surface area (Å²) in [4.78, 5) is 26.9. The fourth-order valence-corrected chi connectivity index (χ4v) is 2.67. The molecule has 1 aromatic rings. The molecule has 3 rings (SSSR count). The van der Waals surface area contributed by atoms with Crippen molar-refractivity contribution in [1.29, 1.82) is 0 Å². The van der Waals surface area contributed by atoms with Gasteiger partial charge in [-0.2, -0.15) is 0 Å². The highest BCUT2D eigenvalue weighted by Gasteiger charge is 2.56. The zero-order chi connectivity index (χ0) is 16.3. The third-order valence-electron chi connectivity index (χ3n) is 4.31. The zero-order valence-electron chi connectivity index (χ0n) is 13.3. The number of nitrogens with one attached hydrogen (secondary N) is 2. The maximum absolute atomic E-state index is 12.3. The fourth-order valence-electron chi connectivity index (χ4n) is 2.67. The molecule has 0 aromatic carbocycles. The minimum atomic E-state index is -0.947. The molecule has 126 valence electrons. The van der Waals surface area contributed by atoms with E-state index in [-0.39, 0.29) is 11.8 Å². The first-order chi connectivity index (χ1) is 11.1. The van der Waals surface area contributed by atoms with Crippen molar-refractivity contribution in [2.75, 3.05) is 44.7 Å². The normalized spacial score (nSPS) is 20.0. The van der Waals surface area contributed by atoms with Crippen molar-refractivity contribution in [3.05, 3.63) is 11.8 Å². The lowest BCUT2D eigenvalue weighted by atomic mass is 10.1. The van der Waals surface area contributed by atoms with Gasteiger partial charge in [-0.1, -0.05) is 5.16 Å². The second-order valence-corrected chi connectivity index (χ2v) is 6.07. The second kappa shape index (κ2) is 6.67. The molecule has 0 radical (unpaired) electrons. The number of hydrogen-bond acceptors (Lipinski definition) is 6. The summed E-state index contributed by atoms with van der Waals surface area (Å²) in [6, 6.07) is 1.63. The third-order valence-corrected chi connectivity index (χ3v) is 4.31. The Hall–Kier alpha value is -1.93. The van der Waals surface area contributed by atoms with Crippen molar-refractivity contribution in [2.24, 2.45) is 5.41 Å². The summed E-state index contributed by atoms with van der Waals surface area (Å²) in [5, 5.41) is 9.26. The molecule has 0 bridgehead atoms. The molecule has 2 N–H and O–H groups in total. The van der Waals surface area contributed by atoms with Gasteiger partial charge in [-0.05, 0) is 19.8 Å². The summed E-state index contributed by atoms with van der Waals surface area (Å²) < 4.78 is 10.2. The van der Waals surface area contributed by atoms with Gasteiger partial charge in [-0.3, -0.25) is 14.5 Å². The summed E-state index contributed by atoms with van der Waals surface area (Å²) in [6.45, 7) is 6.29. The Morgan fingerprint density at radius 1 is 1.30 bits per heavy atom. The zero-order valence-corrected chi connectivity index (χ0v) is 13.3. The minimum Gasteiger partial charge on any atom is -0.379 e. The topological polar surface area (TPSA) is 96.7 Å². The molecule has 2 heterocycles. The second-order valence-electron chi connectivity index (χ2n) is 6.07. The van der Waals surface area contributed by atoms with Crippen molar-refractivity contribution in [3.8, 4) is 0 Å². The lowest BCUT2D eigenvalue weighted by molar-refractivity contribution is -0.134. The highest BCUT2D eigenvalue weighted by Crippen LogP contribution is 2.46. The maximum atomic E-state index is 12.3. The molecule has 8 nitrogen and oxygen atoms in total. The van der Waals surface area contributed by atoms with E-state index < -0.39 is 5.41 Å². The van der Waals surface area contributed by atoms with Crippen LogP contribution in [0, 0.1) is 12.3 Å². The summed E-state index contributed by atoms with van der Waals surface area (Å²) >= 11 is 0. The van der Waals surface area contributed by atoms with E-state index >= 15 is 0 Å². The number of ether oxygens (including phenoxy) is 1. The van der Waals surface area contributed by atoms with E-state index in [2.05, 4.69) is 20.7 Å². The Kier molecular flexibility index (Phi) is 4.63. The molecule has 0 spiro atoms. The van der Waals surface area contributed by atoms with Gasteiger partial charge in [0.05, 0.1) is 13.2 Å². The standard InChI is InChI=1S/C15H22N4O4/c1-11-10-12(18-23-11)17-14(21)15(2-3-15)13(20)16-4-5-19-6-8-22-9-7-19/h10H,2-9H2,1H3,(H,16,20)(H,17,18,21). The van der Waals surface area contributed by atoms with Crippen LogP contribution in [0.25, 0.3) is 0 Å². The van der Waals surface area contributed by atoms with Gasteiger partial charge in [0, 0.05) is 32.2 Å². The molecule has 23 heavy (non-hydrogen) atoms. The van der Waals surface area contributed by atoms with E-state index in [4.69, 9.17) is 9.26 Å². The molecule has 1 aliphatic carbocycles. The predicted molar refractivity (Wildman–Crippen MR) is 81.8 cm³/mol. The van der Waals surface area contributed by atoms with Gasteiger partial charge in [0.25, 0.3) is 0 Å². The van der Waals surface area contributed by atoms with E-state index in [1.54, 1.807) is 13.0 Å². The van der Waals surface area contributed by atoms with Crippen molar-refractivity contribution < 1.29 is 18.8 Å². The Labute approximate surface area is 134 Å². The van der Waals surface area contributed by atoms with Crippen LogP contribution < -0.4 is 10.6 Å². The summed E-state index contributed by atoms with van der Waals surface area (Å²) in [7, 11) is 0. The first-order valence-electron chi connectivity index (χ1n) is 7.93. The van der Waals surface area contributed by atoms with Gasteiger partial charge in [-0.25, -0.2) is 0 Å². The molecule has 0 unspecified atom stereocenters. The van der Waals surface area contributed by atoms with E-state index in [0.29, 0.717) is 31.0 Å². The predicted octanol–water partition coefficient (Wildman–Crippen LogP) is 0.150. The van der Waals surface area contributed by atoms with Crippen LogP contribution in [0.15, 0.2) is 10.6 Å². The average molecular weight is 322 g/mol. The number of carbonyl (C=O) groups is 2. The lowest BCUT2D eigenvalue weighted by Gasteiger charge is -2.26. The molecule has 1 saturated heterocycles. The molecule has 8 heteroatoms. The molecule has 2 fully saturated rings. The van der Waals surface area contributed by atoms with Crippen LogP contribution >= 0.6 is 0 Å². The molecule has 2 aliphatic rings. The highest BCUT2D eigenvalue weighted by atomic mass is 16.5. The van der Waals surface area contributed by atoms with Crippen LogP contribution in [-0.2, 0) is 14.3 Å². The number of nitrogens with zero attached hydrogens (tertiary/aromatic N) is 2. The molecule has 1 aromatic heterocycles. The van der Waals surface area contributed by atoms with Gasteiger partial charge in [0.15, 0.2) is 5.82 Å². The third kappa shape index (κ3) is 3.70. The Morgan fingerprint density at radius 2 is 2.04 bits per heavy atom. The van der Waals surface area contributed by atoms with Crippen LogP contribution in [0.2, 0.25) is 0 Å². The Balaban J connectivity index is 1.46. The molecule has 1 aliphatic heterocycles. The van der Waals surface area contributed by atoms with Crippen molar-refractivity contribution >= 4 is 17.6 Å². The van der Waals surface area contributed by atoms with E-state index in [1.165, 1.54) is 0 Å². The van der Waals surface area contributed by atoms with Gasteiger partial charge >= 0.3 is 0 Å². The van der Waals surface area contributed by atoms with Crippen molar-refractivity contribution in [2.45, 2.75) is 19.8 Å². The number of rotatable bonds is 6. The summed E-state index contributed by atoms with van der Waals surface area (Å²) in [5.74, 6) is 0.443. The molecule has 1 saturated carbocycles.